The maximum Gasteiger partial charge on any atom is 0.233 e. The molecular formula is C22H28N6O. The van der Waals surface area contributed by atoms with Crippen molar-refractivity contribution in [1.82, 2.24) is 15.0 Å². The first-order valence-corrected chi connectivity index (χ1v) is 9.91. The van der Waals surface area contributed by atoms with E-state index in [1.54, 1.807) is 7.11 Å². The first-order valence-electron chi connectivity index (χ1n) is 9.91. The maximum atomic E-state index is 5.21. The Bertz CT molecular complexity index is 882. The average molecular weight is 393 g/mol. The molecule has 0 spiro atoms. The summed E-state index contributed by atoms with van der Waals surface area (Å²) in [6.45, 7) is 6.56. The molecule has 2 N–H and O–H groups in total. The van der Waals surface area contributed by atoms with Gasteiger partial charge in [-0.2, -0.15) is 15.0 Å². The van der Waals surface area contributed by atoms with E-state index in [9.17, 15) is 0 Å². The summed E-state index contributed by atoms with van der Waals surface area (Å²) in [5.74, 6) is 2.61. The van der Waals surface area contributed by atoms with Crippen LogP contribution < -0.4 is 20.3 Å². The molecule has 1 heterocycles. The lowest BCUT2D eigenvalue weighted by Gasteiger charge is -2.20. The zero-order chi connectivity index (χ0) is 20.5. The molecule has 152 valence electrons. The van der Waals surface area contributed by atoms with Gasteiger partial charge in [-0.1, -0.05) is 30.3 Å². The van der Waals surface area contributed by atoms with Gasteiger partial charge in [-0.3, -0.25) is 0 Å². The van der Waals surface area contributed by atoms with Crippen molar-refractivity contribution in [3.8, 4) is 5.75 Å². The number of methoxy groups -OCH3 is 1. The summed E-state index contributed by atoms with van der Waals surface area (Å²) >= 11 is 0. The number of ether oxygens (including phenoxy) is 1. The van der Waals surface area contributed by atoms with Gasteiger partial charge in [-0.25, -0.2) is 0 Å². The molecule has 0 aliphatic heterocycles. The van der Waals surface area contributed by atoms with Crippen molar-refractivity contribution in [3.05, 3.63) is 60.2 Å². The minimum absolute atomic E-state index is 0.528. The zero-order valence-electron chi connectivity index (χ0n) is 17.2. The number of rotatable bonds is 10. The number of nitrogens with zero attached hydrogens (tertiary/aromatic N) is 4. The molecule has 0 saturated carbocycles. The predicted octanol–water partition coefficient (Wildman–Crippen LogP) is 4.12. The Morgan fingerprint density at radius 3 is 2.21 bits per heavy atom. The zero-order valence-corrected chi connectivity index (χ0v) is 17.2. The van der Waals surface area contributed by atoms with Crippen LogP contribution in [0, 0.1) is 0 Å². The third kappa shape index (κ3) is 5.81. The number of aromatic nitrogens is 3. The van der Waals surface area contributed by atoms with Crippen LogP contribution in [0.3, 0.4) is 0 Å². The van der Waals surface area contributed by atoms with Crippen LogP contribution in [0.4, 0.5) is 23.5 Å². The molecule has 0 bridgehead atoms. The lowest BCUT2D eigenvalue weighted by Crippen LogP contribution is -2.25. The summed E-state index contributed by atoms with van der Waals surface area (Å²) in [4.78, 5) is 15.9. The molecule has 0 amide bonds. The van der Waals surface area contributed by atoms with Gasteiger partial charge in [-0.05, 0) is 50.1 Å². The van der Waals surface area contributed by atoms with E-state index in [4.69, 9.17) is 4.74 Å². The second-order valence-corrected chi connectivity index (χ2v) is 6.47. The van der Waals surface area contributed by atoms with Crippen molar-refractivity contribution in [1.29, 1.82) is 0 Å². The monoisotopic (exact) mass is 392 g/mol. The van der Waals surface area contributed by atoms with Crippen molar-refractivity contribution in [3.63, 3.8) is 0 Å². The Balaban J connectivity index is 1.73. The molecule has 0 saturated heterocycles. The summed E-state index contributed by atoms with van der Waals surface area (Å²) < 4.78 is 5.21. The molecule has 3 aromatic rings. The highest BCUT2D eigenvalue weighted by molar-refractivity contribution is 5.55. The smallest absolute Gasteiger partial charge is 0.233 e. The van der Waals surface area contributed by atoms with Crippen LogP contribution in [-0.2, 0) is 6.42 Å². The van der Waals surface area contributed by atoms with Gasteiger partial charge in [0.1, 0.15) is 5.75 Å². The molecule has 3 rings (SSSR count). The van der Waals surface area contributed by atoms with E-state index in [0.717, 1.165) is 37.5 Å². The fourth-order valence-corrected chi connectivity index (χ4v) is 2.91. The van der Waals surface area contributed by atoms with Crippen molar-refractivity contribution >= 4 is 23.5 Å². The Morgan fingerprint density at radius 2 is 1.55 bits per heavy atom. The molecule has 0 radical (unpaired) electrons. The highest BCUT2D eigenvalue weighted by atomic mass is 16.5. The van der Waals surface area contributed by atoms with Gasteiger partial charge in [0.05, 0.1) is 7.11 Å². The third-order valence-electron chi connectivity index (χ3n) is 4.56. The SMILES string of the molecule is CCN(CC)c1nc(NCCc2ccc(OC)cc2)nc(Nc2ccccc2)n1. The second kappa shape index (κ2) is 10.3. The van der Waals surface area contributed by atoms with Crippen molar-refractivity contribution < 1.29 is 4.74 Å². The highest BCUT2D eigenvalue weighted by Gasteiger charge is 2.11. The molecule has 0 atom stereocenters. The fourth-order valence-electron chi connectivity index (χ4n) is 2.91. The fraction of sp³-hybridized carbons (Fsp3) is 0.318. The minimum atomic E-state index is 0.528. The first-order chi connectivity index (χ1) is 14.2. The molecule has 1 aromatic heterocycles. The summed E-state index contributed by atoms with van der Waals surface area (Å²) in [6.07, 6.45) is 0.859. The quantitative estimate of drug-likeness (QED) is 0.537. The summed E-state index contributed by atoms with van der Waals surface area (Å²) in [5, 5.41) is 6.60. The lowest BCUT2D eigenvalue weighted by atomic mass is 10.1. The topological polar surface area (TPSA) is 75.2 Å². The number of anilines is 4. The maximum absolute atomic E-state index is 5.21. The van der Waals surface area contributed by atoms with Gasteiger partial charge >= 0.3 is 0 Å². The largest absolute Gasteiger partial charge is 0.497 e. The predicted molar refractivity (Wildman–Crippen MR) is 118 cm³/mol. The third-order valence-corrected chi connectivity index (χ3v) is 4.56. The highest BCUT2D eigenvalue weighted by Crippen LogP contribution is 2.18. The number of nitrogens with one attached hydrogen (secondary N) is 2. The van der Waals surface area contributed by atoms with E-state index in [-0.39, 0.29) is 0 Å². The van der Waals surface area contributed by atoms with Gasteiger partial charge in [0.25, 0.3) is 0 Å². The van der Waals surface area contributed by atoms with E-state index >= 15 is 0 Å². The van der Waals surface area contributed by atoms with Crippen LogP contribution in [0.15, 0.2) is 54.6 Å². The molecule has 2 aromatic carbocycles. The average Bonchev–Trinajstić information content (AvgIpc) is 2.76. The normalized spacial score (nSPS) is 10.4. The van der Waals surface area contributed by atoms with E-state index in [2.05, 4.69) is 56.5 Å². The minimum Gasteiger partial charge on any atom is -0.497 e. The van der Waals surface area contributed by atoms with Gasteiger partial charge in [-0.15, -0.1) is 0 Å². The Hall–Kier alpha value is -3.35. The van der Waals surface area contributed by atoms with E-state index in [0.29, 0.717) is 17.8 Å². The number of para-hydroxylation sites is 1. The van der Waals surface area contributed by atoms with Crippen LogP contribution in [0.1, 0.15) is 19.4 Å². The van der Waals surface area contributed by atoms with Gasteiger partial charge in [0.2, 0.25) is 17.8 Å². The lowest BCUT2D eigenvalue weighted by molar-refractivity contribution is 0.414. The molecular weight excluding hydrogens is 364 g/mol. The van der Waals surface area contributed by atoms with Crippen LogP contribution in [0.2, 0.25) is 0 Å². The van der Waals surface area contributed by atoms with Crippen LogP contribution in [0.25, 0.3) is 0 Å². The van der Waals surface area contributed by atoms with Crippen molar-refractivity contribution in [2.45, 2.75) is 20.3 Å². The summed E-state index contributed by atoms with van der Waals surface area (Å²) in [5.41, 5.74) is 2.16. The summed E-state index contributed by atoms with van der Waals surface area (Å²) in [6, 6.07) is 18.0. The Labute approximate surface area is 172 Å². The van der Waals surface area contributed by atoms with Crippen molar-refractivity contribution in [2.24, 2.45) is 0 Å². The molecule has 7 heteroatoms. The van der Waals surface area contributed by atoms with Gasteiger partial charge in [0, 0.05) is 25.3 Å². The second-order valence-electron chi connectivity index (χ2n) is 6.47. The molecule has 0 unspecified atom stereocenters. The number of hydrogen-bond acceptors (Lipinski definition) is 7. The summed E-state index contributed by atoms with van der Waals surface area (Å²) in [7, 11) is 1.67. The Kier molecular flexibility index (Phi) is 7.22. The standard InChI is InChI=1S/C22H28N6O/c1-4-28(5-2)22-26-20(23-16-15-17-11-13-19(29-3)14-12-17)25-21(27-22)24-18-9-7-6-8-10-18/h6-14H,4-5,15-16H2,1-3H3,(H2,23,24,25,26,27). The van der Waals surface area contributed by atoms with Crippen molar-refractivity contribution in [2.75, 3.05) is 42.3 Å². The van der Waals surface area contributed by atoms with Crippen LogP contribution in [-0.4, -0.2) is 41.7 Å². The van der Waals surface area contributed by atoms with E-state index < -0.39 is 0 Å². The van der Waals surface area contributed by atoms with Crippen LogP contribution in [0.5, 0.6) is 5.75 Å². The molecule has 7 nitrogen and oxygen atoms in total. The van der Waals surface area contributed by atoms with E-state index in [1.165, 1.54) is 5.56 Å². The first kappa shape index (κ1) is 20.4. The van der Waals surface area contributed by atoms with E-state index in [1.807, 2.05) is 42.5 Å². The Morgan fingerprint density at radius 1 is 0.862 bits per heavy atom. The van der Waals surface area contributed by atoms with Gasteiger partial charge < -0.3 is 20.3 Å². The molecule has 0 fully saturated rings. The molecule has 29 heavy (non-hydrogen) atoms. The molecule has 0 aliphatic rings. The number of benzene rings is 2. The van der Waals surface area contributed by atoms with Crippen LogP contribution >= 0.6 is 0 Å². The molecule has 0 aliphatic carbocycles. The number of hydrogen-bond donors (Lipinski definition) is 2. The van der Waals surface area contributed by atoms with Gasteiger partial charge in [0.15, 0.2) is 0 Å².